The zero-order valence-electron chi connectivity index (χ0n) is 9.36. The highest BCUT2D eigenvalue weighted by Gasteiger charge is 2.29. The molecule has 0 atom stereocenters. The number of benzene rings is 1. The number of allylic oxidation sites excluding steroid dienone is 5. The van der Waals surface area contributed by atoms with Gasteiger partial charge in [0.05, 0.1) is 5.57 Å². The summed E-state index contributed by atoms with van der Waals surface area (Å²) in [6, 6.07) is 7.86. The maximum Gasteiger partial charge on any atom is 0.197 e. The van der Waals surface area contributed by atoms with Crippen molar-refractivity contribution in [2.75, 3.05) is 0 Å². The number of fused-ring (bicyclic) bond motifs is 3. The van der Waals surface area contributed by atoms with E-state index in [1.807, 2.05) is 36.4 Å². The van der Waals surface area contributed by atoms with Crippen LogP contribution in [0.3, 0.4) is 0 Å². The van der Waals surface area contributed by atoms with Gasteiger partial charge in [0, 0.05) is 5.57 Å². The Morgan fingerprint density at radius 2 is 1.82 bits per heavy atom. The summed E-state index contributed by atoms with van der Waals surface area (Å²) in [4.78, 5) is 23.4. The average Bonchev–Trinajstić information content (AvgIpc) is 2.69. The van der Waals surface area contributed by atoms with Crippen molar-refractivity contribution in [3.05, 3.63) is 58.7 Å². The summed E-state index contributed by atoms with van der Waals surface area (Å²) in [6.07, 6.45) is 5.34. The largest absolute Gasteiger partial charge is 0.294 e. The fourth-order valence-electron chi connectivity index (χ4n) is 2.28. The summed E-state index contributed by atoms with van der Waals surface area (Å²) < 4.78 is 0. The maximum atomic E-state index is 12.1. The Morgan fingerprint density at radius 3 is 2.59 bits per heavy atom. The van der Waals surface area contributed by atoms with Crippen molar-refractivity contribution in [3.63, 3.8) is 0 Å². The van der Waals surface area contributed by atoms with E-state index in [-0.39, 0.29) is 17.1 Å². The predicted molar refractivity (Wildman–Crippen MR) is 66.2 cm³/mol. The molecule has 0 saturated heterocycles. The van der Waals surface area contributed by atoms with E-state index in [1.54, 1.807) is 6.08 Å². The molecular weight excluding hydrogens is 212 g/mol. The van der Waals surface area contributed by atoms with Gasteiger partial charge < -0.3 is 0 Å². The minimum atomic E-state index is -0.179. The molecule has 0 aromatic heterocycles. The molecule has 2 heteroatoms. The minimum Gasteiger partial charge on any atom is -0.294 e. The normalized spacial score (nSPS) is 16.8. The van der Waals surface area contributed by atoms with Crippen molar-refractivity contribution < 1.29 is 9.59 Å². The number of carbonyl (C=O) groups excluding carboxylic acids is 2. The van der Waals surface area contributed by atoms with E-state index in [0.29, 0.717) is 5.57 Å². The number of Topliss-reactive ketones (excluding diaryl/α,β-unsaturated/α-hetero) is 2. The quantitative estimate of drug-likeness (QED) is 0.684. The molecule has 0 radical (unpaired) electrons. The molecular formula is C15H10O2. The Balaban J connectivity index is 2.19. The van der Waals surface area contributed by atoms with Crippen LogP contribution in [-0.4, -0.2) is 11.6 Å². The van der Waals surface area contributed by atoms with Crippen molar-refractivity contribution in [1.82, 2.24) is 0 Å². The first-order valence-electron chi connectivity index (χ1n) is 5.47. The minimum absolute atomic E-state index is 0.161. The summed E-state index contributed by atoms with van der Waals surface area (Å²) in [5, 5.41) is 0. The van der Waals surface area contributed by atoms with Crippen LogP contribution >= 0.6 is 0 Å². The number of hydrogen-bond donors (Lipinski definition) is 0. The molecule has 0 amide bonds. The van der Waals surface area contributed by atoms with Gasteiger partial charge in [0.15, 0.2) is 11.6 Å². The van der Waals surface area contributed by atoms with Crippen LogP contribution in [-0.2, 0) is 9.59 Å². The van der Waals surface area contributed by atoms with E-state index in [1.165, 1.54) is 6.92 Å². The molecule has 1 aromatic rings. The lowest BCUT2D eigenvalue weighted by Crippen LogP contribution is -2.14. The Kier molecular flexibility index (Phi) is 1.99. The molecule has 0 fully saturated rings. The fourth-order valence-corrected chi connectivity index (χ4v) is 2.28. The lowest BCUT2D eigenvalue weighted by Gasteiger charge is -2.11. The molecule has 2 aliphatic carbocycles. The van der Waals surface area contributed by atoms with Gasteiger partial charge in [-0.25, -0.2) is 0 Å². The monoisotopic (exact) mass is 222 g/mol. The van der Waals surface area contributed by atoms with Crippen LogP contribution in [0.5, 0.6) is 0 Å². The summed E-state index contributed by atoms with van der Waals surface area (Å²) in [7, 11) is 0. The first-order chi connectivity index (χ1) is 8.18. The predicted octanol–water partition coefficient (Wildman–Crippen LogP) is 2.57. The Hall–Kier alpha value is -2.22. The lowest BCUT2D eigenvalue weighted by atomic mass is 9.90. The van der Waals surface area contributed by atoms with Crippen molar-refractivity contribution in [3.8, 4) is 0 Å². The zero-order valence-corrected chi connectivity index (χ0v) is 9.36. The highest BCUT2D eigenvalue weighted by atomic mass is 16.1. The molecule has 0 heterocycles. The molecule has 3 rings (SSSR count). The van der Waals surface area contributed by atoms with E-state index in [4.69, 9.17) is 0 Å². The second kappa shape index (κ2) is 3.39. The fraction of sp³-hybridized carbons (Fsp3) is 0.0667. The van der Waals surface area contributed by atoms with E-state index < -0.39 is 0 Å². The van der Waals surface area contributed by atoms with E-state index >= 15 is 0 Å². The highest BCUT2D eigenvalue weighted by Crippen LogP contribution is 2.39. The van der Waals surface area contributed by atoms with Crippen molar-refractivity contribution in [2.45, 2.75) is 6.92 Å². The standard InChI is InChI=1S/C15H10O2/c1-9(16)11-6-7-13-12-5-3-2-4-10(12)8-14(13)15(11)17/h2-8H,1H3. The Labute approximate surface area is 99.0 Å². The average molecular weight is 222 g/mol. The van der Waals surface area contributed by atoms with Gasteiger partial charge in [-0.05, 0) is 35.8 Å². The van der Waals surface area contributed by atoms with Crippen LogP contribution in [0.2, 0.25) is 0 Å². The third-order valence-electron chi connectivity index (χ3n) is 3.13. The molecule has 0 bridgehead atoms. The SMILES string of the molecule is CC(=O)C1=CC=C2C(=Cc3ccccc32)C1=O. The first-order valence-corrected chi connectivity index (χ1v) is 5.47. The molecule has 0 spiro atoms. The third-order valence-corrected chi connectivity index (χ3v) is 3.13. The number of hydrogen-bond acceptors (Lipinski definition) is 2. The van der Waals surface area contributed by atoms with E-state index in [9.17, 15) is 9.59 Å². The van der Waals surface area contributed by atoms with Crippen LogP contribution in [0.1, 0.15) is 18.1 Å². The molecule has 17 heavy (non-hydrogen) atoms. The lowest BCUT2D eigenvalue weighted by molar-refractivity contribution is -0.118. The van der Waals surface area contributed by atoms with Gasteiger partial charge in [-0.2, -0.15) is 0 Å². The molecule has 0 aliphatic heterocycles. The van der Waals surface area contributed by atoms with E-state index in [2.05, 4.69) is 0 Å². The van der Waals surface area contributed by atoms with Crippen molar-refractivity contribution in [2.24, 2.45) is 0 Å². The van der Waals surface area contributed by atoms with Gasteiger partial charge >= 0.3 is 0 Å². The van der Waals surface area contributed by atoms with Gasteiger partial charge in [-0.15, -0.1) is 0 Å². The van der Waals surface area contributed by atoms with Gasteiger partial charge in [0.25, 0.3) is 0 Å². The second-order valence-corrected chi connectivity index (χ2v) is 4.19. The van der Waals surface area contributed by atoms with Crippen molar-refractivity contribution >= 4 is 23.2 Å². The molecule has 0 N–H and O–H groups in total. The molecule has 2 nitrogen and oxygen atoms in total. The Morgan fingerprint density at radius 1 is 1.06 bits per heavy atom. The van der Waals surface area contributed by atoms with Crippen molar-refractivity contribution in [1.29, 1.82) is 0 Å². The summed E-state index contributed by atoms with van der Waals surface area (Å²) in [5.74, 6) is -0.339. The van der Waals surface area contributed by atoms with E-state index in [0.717, 1.165) is 16.7 Å². The summed E-state index contributed by atoms with van der Waals surface area (Å²) in [5.41, 5.74) is 3.94. The number of carbonyl (C=O) groups is 2. The number of ketones is 2. The molecule has 2 aliphatic rings. The zero-order chi connectivity index (χ0) is 12.0. The van der Waals surface area contributed by atoms with Crippen LogP contribution in [0.4, 0.5) is 0 Å². The molecule has 1 aromatic carbocycles. The van der Waals surface area contributed by atoms with Gasteiger partial charge in [0.2, 0.25) is 0 Å². The topological polar surface area (TPSA) is 34.1 Å². The molecule has 82 valence electrons. The third kappa shape index (κ3) is 1.34. The van der Waals surface area contributed by atoms with Crippen LogP contribution in [0, 0.1) is 0 Å². The van der Waals surface area contributed by atoms with Gasteiger partial charge in [0.1, 0.15) is 0 Å². The highest BCUT2D eigenvalue weighted by molar-refractivity contribution is 6.34. The maximum absolute atomic E-state index is 12.1. The smallest absolute Gasteiger partial charge is 0.197 e. The second-order valence-electron chi connectivity index (χ2n) is 4.19. The Bertz CT molecular complexity index is 643. The molecule has 0 saturated carbocycles. The number of rotatable bonds is 1. The van der Waals surface area contributed by atoms with Gasteiger partial charge in [-0.3, -0.25) is 9.59 Å². The van der Waals surface area contributed by atoms with Crippen LogP contribution in [0.15, 0.2) is 47.6 Å². The van der Waals surface area contributed by atoms with Gasteiger partial charge in [-0.1, -0.05) is 30.3 Å². The summed E-state index contributed by atoms with van der Waals surface area (Å²) >= 11 is 0. The molecule has 0 unspecified atom stereocenters. The van der Waals surface area contributed by atoms with Crippen LogP contribution < -0.4 is 0 Å². The summed E-state index contributed by atoms with van der Waals surface area (Å²) in [6.45, 7) is 1.42. The first kappa shape index (κ1) is 9.97. The van der Waals surface area contributed by atoms with Crippen LogP contribution in [0.25, 0.3) is 11.6 Å².